The van der Waals surface area contributed by atoms with E-state index in [1.165, 1.54) is 49.7 Å². The molecule has 0 aromatic heterocycles. The lowest BCUT2D eigenvalue weighted by atomic mass is 9.80. The number of fused-ring (bicyclic) bond motifs is 2. The maximum atomic E-state index is 6.35. The molecule has 6 atom stereocenters. The molecule has 2 aliphatic heterocycles. The SMILES string of the molecule is C1=CC(COCC2CCC3OC3C2)(COCC2CCC3OC3C2)CC=C1c1ccccc1. The second-order valence-electron chi connectivity index (χ2n) is 10.7. The second-order valence-corrected chi connectivity index (χ2v) is 10.7. The first-order chi connectivity index (χ1) is 15.8. The van der Waals surface area contributed by atoms with Gasteiger partial charge in [-0.15, -0.1) is 0 Å². The molecular weight excluding hydrogens is 400 g/mol. The van der Waals surface area contributed by atoms with E-state index in [1.54, 1.807) is 0 Å². The quantitative estimate of drug-likeness (QED) is 0.500. The fraction of sp³-hybridized carbons (Fsp3) is 0.643. The van der Waals surface area contributed by atoms with E-state index in [-0.39, 0.29) is 5.41 Å². The summed E-state index contributed by atoms with van der Waals surface area (Å²) in [6.45, 7) is 3.15. The van der Waals surface area contributed by atoms with Crippen molar-refractivity contribution in [3.8, 4) is 0 Å². The second kappa shape index (κ2) is 9.06. The summed E-state index contributed by atoms with van der Waals surface area (Å²) in [4.78, 5) is 0. The van der Waals surface area contributed by atoms with Gasteiger partial charge < -0.3 is 18.9 Å². The molecule has 1 aromatic carbocycles. The van der Waals surface area contributed by atoms with Crippen LogP contribution in [0.5, 0.6) is 0 Å². The molecule has 5 aliphatic rings. The van der Waals surface area contributed by atoms with Crippen LogP contribution in [0.25, 0.3) is 5.57 Å². The summed E-state index contributed by atoms with van der Waals surface area (Å²) in [6, 6.07) is 10.7. The van der Waals surface area contributed by atoms with Crippen LogP contribution in [-0.4, -0.2) is 50.8 Å². The first kappa shape index (κ1) is 21.1. The Labute approximate surface area is 192 Å². The van der Waals surface area contributed by atoms with Gasteiger partial charge in [-0.25, -0.2) is 0 Å². The normalized spacial score (nSPS) is 39.7. The molecule has 0 N–H and O–H groups in total. The van der Waals surface area contributed by atoms with E-state index in [2.05, 4.69) is 48.6 Å². The molecule has 2 saturated heterocycles. The van der Waals surface area contributed by atoms with Gasteiger partial charge in [-0.3, -0.25) is 0 Å². The average molecular weight is 437 g/mol. The van der Waals surface area contributed by atoms with Crippen molar-refractivity contribution in [3.63, 3.8) is 0 Å². The van der Waals surface area contributed by atoms with Gasteiger partial charge in [0.15, 0.2) is 0 Å². The van der Waals surface area contributed by atoms with Crippen molar-refractivity contribution in [2.75, 3.05) is 26.4 Å². The van der Waals surface area contributed by atoms with Crippen LogP contribution in [0.3, 0.4) is 0 Å². The molecule has 2 saturated carbocycles. The largest absolute Gasteiger partial charge is 0.380 e. The number of rotatable bonds is 9. The van der Waals surface area contributed by atoms with Crippen molar-refractivity contribution < 1.29 is 18.9 Å². The van der Waals surface area contributed by atoms with Crippen molar-refractivity contribution >= 4 is 5.57 Å². The Morgan fingerprint density at radius 1 is 0.781 bits per heavy atom. The molecule has 0 spiro atoms. The fourth-order valence-electron chi connectivity index (χ4n) is 5.95. The fourth-order valence-corrected chi connectivity index (χ4v) is 5.95. The van der Waals surface area contributed by atoms with Crippen LogP contribution in [0, 0.1) is 17.3 Å². The molecule has 2 heterocycles. The summed E-state index contributed by atoms with van der Waals surface area (Å²) >= 11 is 0. The van der Waals surface area contributed by atoms with Gasteiger partial charge >= 0.3 is 0 Å². The summed E-state index contributed by atoms with van der Waals surface area (Å²) in [5.74, 6) is 1.29. The molecule has 6 unspecified atom stereocenters. The molecule has 0 bridgehead atoms. The highest BCUT2D eigenvalue weighted by molar-refractivity contribution is 5.75. The summed E-state index contributed by atoms with van der Waals surface area (Å²) in [5, 5.41) is 0. The Bertz CT molecular complexity index is 812. The summed E-state index contributed by atoms with van der Waals surface area (Å²) in [6.07, 6.45) is 17.4. The van der Waals surface area contributed by atoms with Gasteiger partial charge in [0.25, 0.3) is 0 Å². The topological polar surface area (TPSA) is 43.5 Å². The predicted molar refractivity (Wildman–Crippen MR) is 124 cm³/mol. The Morgan fingerprint density at radius 3 is 1.94 bits per heavy atom. The highest BCUT2D eigenvalue weighted by Gasteiger charge is 2.45. The van der Waals surface area contributed by atoms with Crippen molar-refractivity contribution in [1.82, 2.24) is 0 Å². The number of ether oxygens (including phenoxy) is 4. The van der Waals surface area contributed by atoms with Crippen LogP contribution in [0.2, 0.25) is 0 Å². The van der Waals surface area contributed by atoms with E-state index in [4.69, 9.17) is 18.9 Å². The molecule has 4 heteroatoms. The standard InChI is InChI=1S/C28H36O4/c1-2-4-22(5-3-1)23-10-12-28(13-11-23,18-29-16-20-6-8-24-26(14-20)31-24)19-30-17-21-7-9-25-27(15-21)32-25/h1-5,10-12,20-21,24-27H,6-9,13-19H2. The Kier molecular flexibility index (Phi) is 5.97. The van der Waals surface area contributed by atoms with Crippen LogP contribution in [0.4, 0.5) is 0 Å². The van der Waals surface area contributed by atoms with Gasteiger partial charge in [0.1, 0.15) is 0 Å². The van der Waals surface area contributed by atoms with E-state index < -0.39 is 0 Å². The predicted octanol–water partition coefficient (Wildman–Crippen LogP) is 5.18. The molecule has 0 radical (unpaired) electrons. The highest BCUT2D eigenvalue weighted by atomic mass is 16.6. The van der Waals surface area contributed by atoms with Crippen LogP contribution in [-0.2, 0) is 18.9 Å². The van der Waals surface area contributed by atoms with Crippen LogP contribution in [0.15, 0.2) is 48.6 Å². The van der Waals surface area contributed by atoms with E-state index in [0.717, 1.165) is 32.8 Å². The molecule has 4 fully saturated rings. The Morgan fingerprint density at radius 2 is 1.41 bits per heavy atom. The third-order valence-electron chi connectivity index (χ3n) is 8.16. The van der Waals surface area contributed by atoms with Crippen LogP contribution >= 0.6 is 0 Å². The highest BCUT2D eigenvalue weighted by Crippen LogP contribution is 2.41. The minimum atomic E-state index is -0.0706. The van der Waals surface area contributed by atoms with Gasteiger partial charge in [-0.1, -0.05) is 48.6 Å². The molecule has 1 aromatic rings. The number of hydrogen-bond donors (Lipinski definition) is 0. The average Bonchev–Trinajstić information content (AvgIpc) is 3.75. The first-order valence-electron chi connectivity index (χ1n) is 12.7. The molecule has 4 nitrogen and oxygen atoms in total. The van der Waals surface area contributed by atoms with E-state index in [0.29, 0.717) is 36.3 Å². The molecule has 32 heavy (non-hydrogen) atoms. The minimum absolute atomic E-state index is 0.0706. The molecular formula is C28H36O4. The summed E-state index contributed by atoms with van der Waals surface area (Å²) in [7, 11) is 0. The molecule has 172 valence electrons. The van der Waals surface area contributed by atoms with Gasteiger partial charge in [-0.05, 0) is 67.9 Å². The monoisotopic (exact) mass is 436 g/mol. The summed E-state index contributed by atoms with van der Waals surface area (Å²) < 4.78 is 24.1. The Hall–Kier alpha value is -1.46. The zero-order valence-electron chi connectivity index (χ0n) is 19.0. The molecule has 0 amide bonds. The van der Waals surface area contributed by atoms with E-state index in [9.17, 15) is 0 Å². The van der Waals surface area contributed by atoms with Gasteiger partial charge in [-0.2, -0.15) is 0 Å². The third kappa shape index (κ3) is 4.89. The van der Waals surface area contributed by atoms with E-state index >= 15 is 0 Å². The maximum absolute atomic E-state index is 6.35. The lowest BCUT2D eigenvalue weighted by Gasteiger charge is -2.33. The zero-order chi connectivity index (χ0) is 21.4. The van der Waals surface area contributed by atoms with Crippen molar-refractivity contribution in [3.05, 3.63) is 54.1 Å². The third-order valence-corrected chi connectivity index (χ3v) is 8.16. The van der Waals surface area contributed by atoms with Crippen molar-refractivity contribution in [2.45, 2.75) is 69.4 Å². The van der Waals surface area contributed by atoms with Gasteiger partial charge in [0, 0.05) is 18.6 Å². The minimum Gasteiger partial charge on any atom is -0.380 e. The van der Waals surface area contributed by atoms with Gasteiger partial charge in [0.2, 0.25) is 0 Å². The first-order valence-corrected chi connectivity index (χ1v) is 12.7. The molecule has 3 aliphatic carbocycles. The Balaban J connectivity index is 1.05. The lowest BCUT2D eigenvalue weighted by molar-refractivity contribution is -0.0192. The number of benzene rings is 1. The molecule has 6 rings (SSSR count). The van der Waals surface area contributed by atoms with Crippen LogP contribution in [0.1, 0.15) is 50.5 Å². The van der Waals surface area contributed by atoms with Crippen LogP contribution < -0.4 is 0 Å². The van der Waals surface area contributed by atoms with E-state index in [1.807, 2.05) is 0 Å². The summed E-state index contributed by atoms with van der Waals surface area (Å²) in [5.41, 5.74) is 2.51. The van der Waals surface area contributed by atoms with Crippen molar-refractivity contribution in [2.24, 2.45) is 17.3 Å². The lowest BCUT2D eigenvalue weighted by Crippen LogP contribution is -2.33. The van der Waals surface area contributed by atoms with Crippen molar-refractivity contribution in [1.29, 1.82) is 0 Å². The maximum Gasteiger partial charge on any atom is 0.0845 e. The zero-order valence-corrected chi connectivity index (χ0v) is 19.0. The smallest absolute Gasteiger partial charge is 0.0845 e. The number of allylic oxidation sites excluding steroid dienone is 3. The number of epoxide rings is 2. The van der Waals surface area contributed by atoms with Gasteiger partial charge in [0.05, 0.1) is 37.6 Å². The number of hydrogen-bond acceptors (Lipinski definition) is 4.